The van der Waals surface area contributed by atoms with Crippen molar-refractivity contribution in [3.8, 4) is 5.75 Å². The van der Waals surface area contributed by atoms with Gasteiger partial charge in [0.1, 0.15) is 5.75 Å². The SMILES string of the molecule is COc1cccc(C(C)NCC2CN(c3ccc(C(=O)N(C)C)cc3)CCO2)c1. The van der Waals surface area contributed by atoms with Crippen molar-refractivity contribution in [2.45, 2.75) is 19.1 Å². The fourth-order valence-electron chi connectivity index (χ4n) is 3.49. The van der Waals surface area contributed by atoms with E-state index in [0.29, 0.717) is 12.2 Å². The van der Waals surface area contributed by atoms with Crippen molar-refractivity contribution in [2.24, 2.45) is 0 Å². The number of rotatable bonds is 7. The monoisotopic (exact) mass is 397 g/mol. The highest BCUT2D eigenvalue weighted by atomic mass is 16.5. The van der Waals surface area contributed by atoms with E-state index in [2.05, 4.69) is 29.3 Å². The molecule has 156 valence electrons. The first-order valence-electron chi connectivity index (χ1n) is 10.0. The molecular weight excluding hydrogens is 366 g/mol. The van der Waals surface area contributed by atoms with Crippen molar-refractivity contribution in [1.82, 2.24) is 10.2 Å². The molecule has 0 aliphatic carbocycles. The van der Waals surface area contributed by atoms with E-state index in [9.17, 15) is 4.79 Å². The predicted octanol–water partition coefficient (Wildman–Crippen LogP) is 2.95. The molecule has 0 aromatic heterocycles. The number of carbonyl (C=O) groups excluding carboxylic acids is 1. The molecule has 1 aliphatic heterocycles. The molecule has 1 amide bonds. The van der Waals surface area contributed by atoms with Gasteiger partial charge in [-0.3, -0.25) is 4.79 Å². The number of anilines is 1. The zero-order chi connectivity index (χ0) is 20.8. The number of morpholine rings is 1. The highest BCUT2D eigenvalue weighted by molar-refractivity contribution is 5.94. The molecule has 1 fully saturated rings. The lowest BCUT2D eigenvalue weighted by Crippen LogP contribution is -2.47. The minimum absolute atomic E-state index is 0.0205. The van der Waals surface area contributed by atoms with Gasteiger partial charge < -0.3 is 24.6 Å². The smallest absolute Gasteiger partial charge is 0.253 e. The van der Waals surface area contributed by atoms with E-state index in [1.54, 1.807) is 26.1 Å². The van der Waals surface area contributed by atoms with Gasteiger partial charge in [-0.1, -0.05) is 12.1 Å². The molecule has 2 atom stereocenters. The van der Waals surface area contributed by atoms with Crippen LogP contribution in [0.5, 0.6) is 5.75 Å². The fraction of sp³-hybridized carbons (Fsp3) is 0.435. The second-order valence-electron chi connectivity index (χ2n) is 7.59. The molecule has 1 aliphatic rings. The molecule has 6 heteroatoms. The van der Waals surface area contributed by atoms with Gasteiger partial charge in [-0.25, -0.2) is 0 Å². The Hall–Kier alpha value is -2.57. The van der Waals surface area contributed by atoms with Gasteiger partial charge in [0.05, 0.1) is 19.8 Å². The summed E-state index contributed by atoms with van der Waals surface area (Å²) in [5, 5.41) is 3.57. The lowest BCUT2D eigenvalue weighted by atomic mass is 10.1. The highest BCUT2D eigenvalue weighted by Gasteiger charge is 2.22. The third kappa shape index (κ3) is 5.49. The average Bonchev–Trinajstić information content (AvgIpc) is 2.77. The summed E-state index contributed by atoms with van der Waals surface area (Å²) < 4.78 is 11.3. The van der Waals surface area contributed by atoms with Gasteiger partial charge in [0.2, 0.25) is 0 Å². The van der Waals surface area contributed by atoms with Gasteiger partial charge >= 0.3 is 0 Å². The maximum atomic E-state index is 12.1. The number of hydrogen-bond acceptors (Lipinski definition) is 5. The van der Waals surface area contributed by atoms with Crippen LogP contribution in [0.4, 0.5) is 5.69 Å². The van der Waals surface area contributed by atoms with E-state index >= 15 is 0 Å². The van der Waals surface area contributed by atoms with Gasteiger partial charge in [0, 0.05) is 51.0 Å². The summed E-state index contributed by atoms with van der Waals surface area (Å²) >= 11 is 0. The predicted molar refractivity (Wildman–Crippen MR) is 116 cm³/mol. The van der Waals surface area contributed by atoms with Crippen LogP contribution in [-0.2, 0) is 4.74 Å². The van der Waals surface area contributed by atoms with Gasteiger partial charge in [-0.2, -0.15) is 0 Å². The van der Waals surface area contributed by atoms with Crippen LogP contribution in [0.15, 0.2) is 48.5 Å². The Bertz CT molecular complexity index is 807. The molecule has 1 saturated heterocycles. The van der Waals surface area contributed by atoms with Crippen LogP contribution in [0.3, 0.4) is 0 Å². The van der Waals surface area contributed by atoms with Crippen LogP contribution in [0.2, 0.25) is 0 Å². The molecule has 3 rings (SSSR count). The van der Waals surface area contributed by atoms with E-state index in [0.717, 1.165) is 31.1 Å². The first-order chi connectivity index (χ1) is 14.0. The van der Waals surface area contributed by atoms with Gasteiger partial charge in [0.25, 0.3) is 5.91 Å². The number of methoxy groups -OCH3 is 1. The van der Waals surface area contributed by atoms with Crippen molar-refractivity contribution in [2.75, 3.05) is 52.3 Å². The lowest BCUT2D eigenvalue weighted by molar-refractivity contribution is 0.0394. The Morgan fingerprint density at radius 2 is 2.03 bits per heavy atom. The van der Waals surface area contributed by atoms with Crippen LogP contribution in [0.1, 0.15) is 28.9 Å². The number of hydrogen-bond donors (Lipinski definition) is 1. The van der Waals surface area contributed by atoms with Gasteiger partial charge in [0.15, 0.2) is 0 Å². The largest absolute Gasteiger partial charge is 0.497 e. The Balaban J connectivity index is 1.55. The lowest BCUT2D eigenvalue weighted by Gasteiger charge is -2.35. The molecule has 2 unspecified atom stereocenters. The molecule has 1 N–H and O–H groups in total. The molecule has 29 heavy (non-hydrogen) atoms. The first-order valence-corrected chi connectivity index (χ1v) is 10.0. The first kappa shape index (κ1) is 21.1. The number of amides is 1. The third-order valence-corrected chi connectivity index (χ3v) is 5.27. The van der Waals surface area contributed by atoms with Gasteiger partial charge in [-0.05, 0) is 48.9 Å². The van der Waals surface area contributed by atoms with E-state index in [-0.39, 0.29) is 18.1 Å². The van der Waals surface area contributed by atoms with Crippen molar-refractivity contribution in [3.63, 3.8) is 0 Å². The molecular formula is C23H31N3O3. The van der Waals surface area contributed by atoms with Crippen LogP contribution in [-0.4, -0.2) is 64.4 Å². The summed E-state index contributed by atoms with van der Waals surface area (Å²) in [4.78, 5) is 16.0. The van der Waals surface area contributed by atoms with Crippen LogP contribution >= 0.6 is 0 Å². The average molecular weight is 398 g/mol. The summed E-state index contributed by atoms with van der Waals surface area (Å²) in [6.45, 7) is 5.28. The van der Waals surface area contributed by atoms with Crippen molar-refractivity contribution in [3.05, 3.63) is 59.7 Å². The maximum absolute atomic E-state index is 12.1. The number of carbonyl (C=O) groups is 1. The molecule has 2 aromatic rings. The van der Waals surface area contributed by atoms with Crippen molar-refractivity contribution in [1.29, 1.82) is 0 Å². The fourth-order valence-corrected chi connectivity index (χ4v) is 3.49. The van der Waals surface area contributed by atoms with E-state index in [1.165, 1.54) is 5.56 Å². The zero-order valence-electron chi connectivity index (χ0n) is 17.7. The van der Waals surface area contributed by atoms with Crippen molar-refractivity contribution >= 4 is 11.6 Å². The standard InChI is InChI=1S/C23H31N3O3/c1-17(19-6-5-7-21(14-19)28-4)24-15-22-16-26(12-13-29-22)20-10-8-18(9-11-20)23(27)25(2)3/h5-11,14,17,22,24H,12-13,15-16H2,1-4H3. The number of ether oxygens (including phenoxy) is 2. The summed E-state index contributed by atoms with van der Waals surface area (Å²) in [6, 6.07) is 16.2. The Kier molecular flexibility index (Phi) is 7.12. The molecule has 0 spiro atoms. The second-order valence-corrected chi connectivity index (χ2v) is 7.59. The second kappa shape index (κ2) is 9.76. The topological polar surface area (TPSA) is 54.0 Å². The normalized spacial score (nSPS) is 17.7. The molecule has 0 radical (unpaired) electrons. The summed E-state index contributed by atoms with van der Waals surface area (Å²) in [5.74, 6) is 0.888. The van der Waals surface area contributed by atoms with E-state index in [4.69, 9.17) is 9.47 Å². The quantitative estimate of drug-likeness (QED) is 0.779. The highest BCUT2D eigenvalue weighted by Crippen LogP contribution is 2.21. The minimum Gasteiger partial charge on any atom is -0.497 e. The summed E-state index contributed by atoms with van der Waals surface area (Å²) in [5.41, 5.74) is 3.02. The van der Waals surface area contributed by atoms with Crippen LogP contribution in [0, 0.1) is 0 Å². The number of nitrogens with zero attached hydrogens (tertiary/aromatic N) is 2. The zero-order valence-corrected chi connectivity index (χ0v) is 17.7. The summed E-state index contributed by atoms with van der Waals surface area (Å²) in [7, 11) is 5.22. The van der Waals surface area contributed by atoms with Gasteiger partial charge in [-0.15, -0.1) is 0 Å². The molecule has 6 nitrogen and oxygen atoms in total. The number of nitrogens with one attached hydrogen (secondary N) is 1. The van der Waals surface area contributed by atoms with Crippen LogP contribution < -0.4 is 15.0 Å². The number of benzene rings is 2. The van der Waals surface area contributed by atoms with Crippen molar-refractivity contribution < 1.29 is 14.3 Å². The Morgan fingerprint density at radius 3 is 2.72 bits per heavy atom. The minimum atomic E-state index is 0.0205. The van der Waals surface area contributed by atoms with E-state index < -0.39 is 0 Å². The molecule has 0 bridgehead atoms. The van der Waals surface area contributed by atoms with E-state index in [1.807, 2.05) is 36.4 Å². The maximum Gasteiger partial charge on any atom is 0.253 e. The summed E-state index contributed by atoms with van der Waals surface area (Å²) in [6.07, 6.45) is 0.111. The molecule has 0 saturated carbocycles. The third-order valence-electron chi connectivity index (χ3n) is 5.27. The Morgan fingerprint density at radius 1 is 1.28 bits per heavy atom. The Labute approximate surface area is 173 Å². The molecule has 2 aromatic carbocycles. The van der Waals surface area contributed by atoms with Crippen LogP contribution in [0.25, 0.3) is 0 Å². The molecule has 1 heterocycles.